The second-order valence-electron chi connectivity index (χ2n) is 10.9. The molecule has 0 spiro atoms. The predicted octanol–water partition coefficient (Wildman–Crippen LogP) is 3.28. The van der Waals surface area contributed by atoms with Crippen LogP contribution in [0.4, 0.5) is 10.1 Å². The maximum Gasteiger partial charge on any atom is 0.354 e. The number of H-pyrrole nitrogens is 1. The van der Waals surface area contributed by atoms with E-state index in [4.69, 9.17) is 28.8 Å². The van der Waals surface area contributed by atoms with Gasteiger partial charge < -0.3 is 32.4 Å². The number of hydrogen-bond donors (Lipinski definition) is 5. The number of guanidine groups is 1. The second-order valence-corrected chi connectivity index (χ2v) is 11.3. The lowest BCUT2D eigenvalue weighted by molar-refractivity contribution is 0.438. The molecule has 4 aromatic rings. The zero-order valence-corrected chi connectivity index (χ0v) is 24.4. The molecule has 222 valence electrons. The minimum Gasteiger partial charge on any atom is -0.370 e. The topological polar surface area (TPSA) is 156 Å². The average molecular weight is 594 g/mol. The van der Waals surface area contributed by atoms with Crippen LogP contribution >= 0.6 is 11.6 Å². The van der Waals surface area contributed by atoms with Crippen LogP contribution in [0.2, 0.25) is 5.02 Å². The maximum atomic E-state index is 15.1. The molecular formula is C30H37ClFN9O. The number of nitrogens with one attached hydrogen (secondary N) is 2. The lowest BCUT2D eigenvalue weighted by atomic mass is 10.0. The molecule has 2 aromatic carbocycles. The molecule has 42 heavy (non-hydrogen) atoms. The number of fused-ring (bicyclic) bond motifs is 1. The zero-order chi connectivity index (χ0) is 29.8. The third-order valence-corrected chi connectivity index (χ3v) is 7.81. The van der Waals surface area contributed by atoms with Gasteiger partial charge in [0.15, 0.2) is 11.8 Å². The van der Waals surface area contributed by atoms with E-state index in [2.05, 4.69) is 25.2 Å². The summed E-state index contributed by atoms with van der Waals surface area (Å²) in [7, 11) is 0. The number of aromatic amines is 1. The number of aryl methyl sites for hydroxylation is 1. The second kappa shape index (κ2) is 12.9. The normalized spacial score (nSPS) is 16.1. The maximum absolute atomic E-state index is 15.1. The molecule has 12 heteroatoms. The largest absolute Gasteiger partial charge is 0.370 e. The summed E-state index contributed by atoms with van der Waals surface area (Å²) in [5.41, 5.74) is 20.2. The molecule has 1 aliphatic heterocycles. The molecule has 1 aliphatic rings. The first kappa shape index (κ1) is 29.6. The van der Waals surface area contributed by atoms with Crippen LogP contribution < -0.4 is 33.1 Å². The van der Waals surface area contributed by atoms with E-state index in [0.29, 0.717) is 34.5 Å². The Morgan fingerprint density at radius 3 is 2.71 bits per heavy atom. The fraction of sp³-hybridized carbons (Fsp3) is 0.367. The first-order valence-corrected chi connectivity index (χ1v) is 14.6. The number of hydrogen-bond acceptors (Lipinski definition) is 6. The smallest absolute Gasteiger partial charge is 0.354 e. The lowest BCUT2D eigenvalue weighted by Gasteiger charge is -2.35. The number of halogens is 2. The van der Waals surface area contributed by atoms with E-state index in [-0.39, 0.29) is 23.1 Å². The van der Waals surface area contributed by atoms with E-state index in [1.54, 1.807) is 24.4 Å². The van der Waals surface area contributed by atoms with Crippen molar-refractivity contribution in [2.75, 3.05) is 31.1 Å². The molecule has 1 unspecified atom stereocenters. The van der Waals surface area contributed by atoms with E-state index in [1.807, 2.05) is 31.2 Å². The fourth-order valence-electron chi connectivity index (χ4n) is 5.37. The van der Waals surface area contributed by atoms with E-state index in [9.17, 15) is 4.79 Å². The first-order chi connectivity index (χ1) is 20.2. The summed E-state index contributed by atoms with van der Waals surface area (Å²) in [6.07, 6.45) is 5.03. The summed E-state index contributed by atoms with van der Waals surface area (Å²) >= 11 is 6.25. The van der Waals surface area contributed by atoms with Crippen molar-refractivity contribution in [2.45, 2.75) is 44.7 Å². The summed E-state index contributed by atoms with van der Waals surface area (Å²) < 4.78 is 16.6. The van der Waals surface area contributed by atoms with Crippen molar-refractivity contribution in [1.29, 1.82) is 0 Å². The van der Waals surface area contributed by atoms with Gasteiger partial charge in [0.05, 0.1) is 16.4 Å². The summed E-state index contributed by atoms with van der Waals surface area (Å²) in [6.45, 7) is 5.09. The number of benzene rings is 2. The Bertz CT molecular complexity index is 1630. The van der Waals surface area contributed by atoms with Crippen LogP contribution in [-0.2, 0) is 6.42 Å². The molecule has 0 saturated carbocycles. The highest BCUT2D eigenvalue weighted by Crippen LogP contribution is 2.31. The molecule has 1 fully saturated rings. The Balaban J connectivity index is 1.35. The van der Waals surface area contributed by atoms with Crippen molar-refractivity contribution in [3.8, 4) is 16.9 Å². The third-order valence-electron chi connectivity index (χ3n) is 7.53. The summed E-state index contributed by atoms with van der Waals surface area (Å²) in [5, 5.41) is 4.24. The fourth-order valence-corrected chi connectivity index (χ4v) is 5.61. The number of anilines is 1. The van der Waals surface area contributed by atoms with Gasteiger partial charge in [-0.25, -0.2) is 9.18 Å². The van der Waals surface area contributed by atoms with Gasteiger partial charge in [-0.15, -0.1) is 0 Å². The van der Waals surface area contributed by atoms with Gasteiger partial charge in [-0.2, -0.15) is 4.98 Å². The third kappa shape index (κ3) is 6.92. The Kier molecular flexibility index (Phi) is 9.10. The van der Waals surface area contributed by atoms with Crippen molar-refractivity contribution in [3.05, 3.63) is 75.5 Å². The summed E-state index contributed by atoms with van der Waals surface area (Å²) in [6, 6.07) is 13.4. The quantitative estimate of drug-likeness (QED) is 0.139. The Hall–Kier alpha value is -3.93. The molecule has 0 amide bonds. The van der Waals surface area contributed by atoms with Gasteiger partial charge in [0.25, 0.3) is 0 Å². The lowest BCUT2D eigenvalue weighted by Crippen LogP contribution is -2.51. The minimum absolute atomic E-state index is 0.0548. The first-order valence-electron chi connectivity index (χ1n) is 14.2. The molecule has 2 atom stereocenters. The molecule has 10 nitrogen and oxygen atoms in total. The van der Waals surface area contributed by atoms with Gasteiger partial charge >= 0.3 is 5.69 Å². The number of aliphatic imine (C=N–C) groups is 1. The van der Waals surface area contributed by atoms with Crippen LogP contribution in [0.15, 0.2) is 58.4 Å². The van der Waals surface area contributed by atoms with Crippen molar-refractivity contribution < 1.29 is 4.39 Å². The van der Waals surface area contributed by atoms with Gasteiger partial charge in [-0.05, 0) is 80.6 Å². The summed E-state index contributed by atoms with van der Waals surface area (Å²) in [5.74, 6) is -0.414. The van der Waals surface area contributed by atoms with Crippen LogP contribution in [0.3, 0.4) is 0 Å². The van der Waals surface area contributed by atoms with Crippen molar-refractivity contribution in [1.82, 2.24) is 19.9 Å². The molecular weight excluding hydrogens is 557 g/mol. The standard InChI is InChI=1S/C30H37ClFN9O/c1-18(33)3-2-4-19-13-24(27(32)25(31)14-19)26-15-20-16-41(30(42)39-28(20)38-26)23-7-5-22(6-8-23)40-12-11-36-21(17-40)9-10-37-29(34)35/h5-8,13-16,18,21,36H,2-4,9-12,17,33H2,1H3,(H4,34,35,37)(H,38,39,42)/t18-,21?/m0/s1. The average Bonchev–Trinajstić information content (AvgIpc) is 3.37. The van der Waals surface area contributed by atoms with E-state index in [0.717, 1.165) is 56.6 Å². The van der Waals surface area contributed by atoms with E-state index in [1.165, 1.54) is 4.57 Å². The van der Waals surface area contributed by atoms with E-state index < -0.39 is 11.5 Å². The molecule has 8 N–H and O–H groups in total. The highest BCUT2D eigenvalue weighted by atomic mass is 35.5. The molecule has 3 heterocycles. The highest BCUT2D eigenvalue weighted by molar-refractivity contribution is 6.31. The molecule has 2 aromatic heterocycles. The molecule has 0 bridgehead atoms. The number of rotatable bonds is 10. The zero-order valence-electron chi connectivity index (χ0n) is 23.6. The van der Waals surface area contributed by atoms with Crippen LogP contribution in [0, 0.1) is 5.82 Å². The van der Waals surface area contributed by atoms with Crippen molar-refractivity contribution in [3.63, 3.8) is 0 Å². The predicted molar refractivity (Wildman–Crippen MR) is 168 cm³/mol. The molecule has 0 radical (unpaired) electrons. The van der Waals surface area contributed by atoms with Gasteiger partial charge in [0.2, 0.25) is 0 Å². The van der Waals surface area contributed by atoms with Crippen LogP contribution in [0.5, 0.6) is 0 Å². The van der Waals surface area contributed by atoms with Gasteiger partial charge in [0.1, 0.15) is 5.65 Å². The number of nitrogens with zero attached hydrogens (tertiary/aromatic N) is 4. The molecule has 1 saturated heterocycles. The highest BCUT2D eigenvalue weighted by Gasteiger charge is 2.20. The van der Waals surface area contributed by atoms with Crippen LogP contribution in [0.1, 0.15) is 31.7 Å². The van der Waals surface area contributed by atoms with Crippen molar-refractivity contribution >= 4 is 34.3 Å². The Morgan fingerprint density at radius 2 is 1.98 bits per heavy atom. The van der Waals surface area contributed by atoms with Crippen molar-refractivity contribution in [2.24, 2.45) is 22.2 Å². The Morgan fingerprint density at radius 1 is 1.21 bits per heavy atom. The van der Waals surface area contributed by atoms with Gasteiger partial charge in [-0.1, -0.05) is 11.6 Å². The summed E-state index contributed by atoms with van der Waals surface area (Å²) in [4.78, 5) is 26.7. The minimum atomic E-state index is -0.517. The number of piperazine rings is 1. The Labute approximate surface area is 248 Å². The van der Waals surface area contributed by atoms with Gasteiger partial charge in [-0.3, -0.25) is 9.56 Å². The number of aromatic nitrogens is 3. The molecule has 0 aliphatic carbocycles. The van der Waals surface area contributed by atoms with Crippen LogP contribution in [-0.4, -0.2) is 58.8 Å². The van der Waals surface area contributed by atoms with Gasteiger partial charge in [0, 0.05) is 61.1 Å². The van der Waals surface area contributed by atoms with Crippen LogP contribution in [0.25, 0.3) is 28.0 Å². The number of nitrogens with two attached hydrogens (primary N) is 3. The van der Waals surface area contributed by atoms with E-state index >= 15 is 4.39 Å². The monoisotopic (exact) mass is 593 g/mol. The molecule has 5 rings (SSSR count). The SMILES string of the molecule is C[C@H](N)CCCc1cc(Cl)c(F)c(-c2cc3cn(-c4ccc(N5CCNC(CCN=C(N)N)C5)cc4)c(=O)nc3[nH]2)c1.